The van der Waals surface area contributed by atoms with E-state index in [1.165, 1.54) is 19.3 Å². The summed E-state index contributed by atoms with van der Waals surface area (Å²) in [5, 5.41) is 9.59. The molecule has 2 fully saturated rings. The first kappa shape index (κ1) is 11.5. The highest BCUT2D eigenvalue weighted by molar-refractivity contribution is 5.83. The van der Waals surface area contributed by atoms with E-state index in [9.17, 15) is 9.90 Å². The van der Waals surface area contributed by atoms with Gasteiger partial charge in [-0.3, -0.25) is 4.79 Å². The van der Waals surface area contributed by atoms with Crippen LogP contribution < -0.4 is 4.74 Å². The number of methoxy groups -OCH3 is 1. The summed E-state index contributed by atoms with van der Waals surface area (Å²) in [6.07, 6.45) is 6.78. The zero-order chi connectivity index (χ0) is 12.8. The lowest BCUT2D eigenvalue weighted by Gasteiger charge is -2.59. The molecule has 2 saturated carbocycles. The number of ether oxygens (including phenoxy) is 1. The van der Waals surface area contributed by atoms with E-state index in [1.54, 1.807) is 19.4 Å². The lowest BCUT2D eigenvalue weighted by atomic mass is 9.44. The van der Waals surface area contributed by atoms with Crippen LogP contribution in [0.1, 0.15) is 37.7 Å². The second-order valence-electron chi connectivity index (χ2n) is 5.68. The normalized spacial score (nSPS) is 22.9. The minimum absolute atomic E-state index is 0.314. The lowest BCUT2D eigenvalue weighted by Crippen LogP contribution is -2.57. The van der Waals surface area contributed by atoms with Crippen molar-refractivity contribution in [1.29, 1.82) is 0 Å². The van der Waals surface area contributed by atoms with Gasteiger partial charge in [-0.15, -0.1) is 0 Å². The number of carboxylic acid groups (broad SMARTS) is 1. The molecular formula is C14H17NO3. The number of hydrogen-bond acceptors (Lipinski definition) is 3. The summed E-state index contributed by atoms with van der Waals surface area (Å²) in [6, 6.07) is 3.57. The molecule has 1 aromatic heterocycles. The van der Waals surface area contributed by atoms with E-state index in [1.807, 2.05) is 6.07 Å². The van der Waals surface area contributed by atoms with Crippen molar-refractivity contribution < 1.29 is 14.6 Å². The fourth-order valence-corrected chi connectivity index (χ4v) is 3.56. The first-order chi connectivity index (χ1) is 8.60. The first-order valence-electron chi connectivity index (χ1n) is 6.34. The number of aliphatic carboxylic acids is 1. The second kappa shape index (κ2) is 3.70. The van der Waals surface area contributed by atoms with Gasteiger partial charge in [-0.1, -0.05) is 6.42 Å². The summed E-state index contributed by atoms with van der Waals surface area (Å²) in [5.74, 6) is -0.226. The molecule has 2 aliphatic carbocycles. The molecule has 0 unspecified atom stereocenters. The fourth-order valence-electron chi connectivity index (χ4n) is 3.56. The summed E-state index contributed by atoms with van der Waals surface area (Å²) >= 11 is 0. The number of carbonyl (C=O) groups is 1. The van der Waals surface area contributed by atoms with Gasteiger partial charge in [-0.05, 0) is 42.7 Å². The zero-order valence-electron chi connectivity index (χ0n) is 10.5. The van der Waals surface area contributed by atoms with Crippen molar-refractivity contribution in [1.82, 2.24) is 4.98 Å². The summed E-state index contributed by atoms with van der Waals surface area (Å²) < 4.78 is 5.09. The Morgan fingerprint density at radius 2 is 2.17 bits per heavy atom. The van der Waals surface area contributed by atoms with Crippen LogP contribution in [0.4, 0.5) is 0 Å². The van der Waals surface area contributed by atoms with Gasteiger partial charge in [0.2, 0.25) is 5.88 Å². The van der Waals surface area contributed by atoms with Crippen molar-refractivity contribution in [2.24, 2.45) is 5.41 Å². The molecule has 96 valence electrons. The molecule has 0 amide bonds. The molecule has 0 saturated heterocycles. The zero-order valence-corrected chi connectivity index (χ0v) is 10.5. The number of pyridine rings is 1. The van der Waals surface area contributed by atoms with Crippen LogP contribution in [0.2, 0.25) is 0 Å². The van der Waals surface area contributed by atoms with Gasteiger partial charge in [0.25, 0.3) is 0 Å². The summed E-state index contributed by atoms with van der Waals surface area (Å²) in [6.45, 7) is 0. The molecule has 2 aliphatic rings. The fraction of sp³-hybridized carbons (Fsp3) is 0.571. The second-order valence-corrected chi connectivity index (χ2v) is 5.68. The van der Waals surface area contributed by atoms with Crippen LogP contribution in [-0.2, 0) is 10.2 Å². The summed E-state index contributed by atoms with van der Waals surface area (Å²) in [7, 11) is 1.55. The Labute approximate surface area is 106 Å². The Kier molecular flexibility index (Phi) is 2.37. The topological polar surface area (TPSA) is 59.4 Å². The number of aromatic nitrogens is 1. The van der Waals surface area contributed by atoms with Crippen LogP contribution in [-0.4, -0.2) is 23.2 Å². The Hall–Kier alpha value is -1.58. The first-order valence-corrected chi connectivity index (χ1v) is 6.34. The van der Waals surface area contributed by atoms with Gasteiger partial charge in [0, 0.05) is 12.3 Å². The van der Waals surface area contributed by atoms with Crippen molar-refractivity contribution in [2.75, 3.05) is 7.11 Å². The third kappa shape index (κ3) is 1.44. The molecule has 18 heavy (non-hydrogen) atoms. The van der Waals surface area contributed by atoms with Gasteiger partial charge in [0.15, 0.2) is 0 Å². The van der Waals surface area contributed by atoms with Crippen LogP contribution in [0.5, 0.6) is 5.88 Å². The van der Waals surface area contributed by atoms with Crippen molar-refractivity contribution in [3.8, 4) is 5.88 Å². The highest BCUT2D eigenvalue weighted by atomic mass is 16.5. The predicted octanol–water partition coefficient (Wildman–Crippen LogP) is 2.38. The molecule has 0 aromatic carbocycles. The van der Waals surface area contributed by atoms with E-state index in [4.69, 9.17) is 4.74 Å². The standard InChI is InChI=1S/C14H17NO3/c1-18-11-7-10(3-6-15-11)14(12(16)17)8-13(9-14)4-2-5-13/h3,6-7H,2,4-5,8-9H2,1H3,(H,16,17). The highest BCUT2D eigenvalue weighted by Gasteiger charge is 2.61. The molecule has 1 aromatic rings. The molecule has 0 bridgehead atoms. The number of nitrogens with zero attached hydrogens (tertiary/aromatic N) is 1. The monoisotopic (exact) mass is 247 g/mol. The molecule has 1 heterocycles. The Balaban J connectivity index is 1.93. The van der Waals surface area contributed by atoms with Gasteiger partial charge >= 0.3 is 5.97 Å². The number of rotatable bonds is 3. The third-order valence-corrected chi connectivity index (χ3v) is 4.67. The van der Waals surface area contributed by atoms with Gasteiger partial charge < -0.3 is 9.84 Å². The van der Waals surface area contributed by atoms with Crippen LogP contribution in [0.3, 0.4) is 0 Å². The average molecular weight is 247 g/mol. The molecule has 4 nitrogen and oxygen atoms in total. The molecule has 4 heteroatoms. The molecule has 0 aliphatic heterocycles. The van der Waals surface area contributed by atoms with Crippen molar-refractivity contribution in [2.45, 2.75) is 37.5 Å². The number of hydrogen-bond donors (Lipinski definition) is 1. The smallest absolute Gasteiger partial charge is 0.314 e. The van der Waals surface area contributed by atoms with Gasteiger partial charge in [0.05, 0.1) is 12.5 Å². The minimum Gasteiger partial charge on any atom is -0.481 e. The summed E-state index contributed by atoms with van der Waals surface area (Å²) in [5.41, 5.74) is 0.435. The Morgan fingerprint density at radius 3 is 2.67 bits per heavy atom. The van der Waals surface area contributed by atoms with Crippen LogP contribution in [0.25, 0.3) is 0 Å². The van der Waals surface area contributed by atoms with Crippen LogP contribution in [0, 0.1) is 5.41 Å². The van der Waals surface area contributed by atoms with Crippen molar-refractivity contribution in [3.05, 3.63) is 23.9 Å². The highest BCUT2D eigenvalue weighted by Crippen LogP contribution is 2.65. The van der Waals surface area contributed by atoms with E-state index in [2.05, 4.69) is 4.98 Å². The van der Waals surface area contributed by atoms with Gasteiger partial charge in [0.1, 0.15) is 0 Å². The molecule has 1 spiro atoms. The Morgan fingerprint density at radius 1 is 1.44 bits per heavy atom. The quantitative estimate of drug-likeness (QED) is 0.890. The molecule has 1 N–H and O–H groups in total. The van der Waals surface area contributed by atoms with Gasteiger partial charge in [-0.2, -0.15) is 0 Å². The van der Waals surface area contributed by atoms with E-state index in [0.29, 0.717) is 11.3 Å². The van der Waals surface area contributed by atoms with Crippen LogP contribution >= 0.6 is 0 Å². The maximum atomic E-state index is 11.7. The lowest BCUT2D eigenvalue weighted by molar-refractivity contribution is -0.160. The largest absolute Gasteiger partial charge is 0.481 e. The van der Waals surface area contributed by atoms with Crippen molar-refractivity contribution in [3.63, 3.8) is 0 Å². The molecular weight excluding hydrogens is 230 g/mol. The average Bonchev–Trinajstić information content (AvgIpc) is 2.26. The SMILES string of the molecule is COc1cc(C2(C(=O)O)CC3(CCC3)C2)ccn1. The maximum Gasteiger partial charge on any atom is 0.314 e. The Bertz CT molecular complexity index is 486. The predicted molar refractivity (Wildman–Crippen MR) is 65.6 cm³/mol. The molecule has 0 radical (unpaired) electrons. The molecule has 3 rings (SSSR count). The van der Waals surface area contributed by atoms with Gasteiger partial charge in [-0.25, -0.2) is 4.98 Å². The minimum atomic E-state index is -0.715. The summed E-state index contributed by atoms with van der Waals surface area (Å²) in [4.78, 5) is 15.7. The van der Waals surface area contributed by atoms with E-state index in [-0.39, 0.29) is 0 Å². The van der Waals surface area contributed by atoms with Crippen molar-refractivity contribution >= 4 is 5.97 Å². The maximum absolute atomic E-state index is 11.7. The third-order valence-electron chi connectivity index (χ3n) is 4.67. The molecule has 0 atom stereocenters. The van der Waals surface area contributed by atoms with E-state index >= 15 is 0 Å². The van der Waals surface area contributed by atoms with E-state index < -0.39 is 11.4 Å². The van der Waals surface area contributed by atoms with Crippen LogP contribution in [0.15, 0.2) is 18.3 Å². The number of carboxylic acids is 1. The van der Waals surface area contributed by atoms with E-state index in [0.717, 1.165) is 18.4 Å².